The molecule has 0 fully saturated rings. The molecule has 3 heteroatoms. The Hall–Kier alpha value is -1.35. The van der Waals surface area contributed by atoms with Crippen LogP contribution in [0.2, 0.25) is 0 Å². The zero-order valence-corrected chi connectivity index (χ0v) is 11.6. The molecule has 1 aliphatic rings. The molecule has 0 N–H and O–H groups in total. The Kier molecular flexibility index (Phi) is 3.71. The van der Waals surface area contributed by atoms with Crippen molar-refractivity contribution in [2.45, 2.75) is 32.2 Å². The number of carbonyl (C=O) groups is 1. The number of ether oxygens (including phenoxy) is 1. The van der Waals surface area contributed by atoms with Crippen LogP contribution in [0.15, 0.2) is 12.1 Å². The van der Waals surface area contributed by atoms with E-state index in [2.05, 4.69) is 19.0 Å². The molecule has 3 nitrogen and oxygen atoms in total. The fraction of sp³-hybridized carbons (Fsp3) is 0.533. The van der Waals surface area contributed by atoms with Gasteiger partial charge in [-0.1, -0.05) is 0 Å². The maximum atomic E-state index is 11.8. The second-order valence-electron chi connectivity index (χ2n) is 5.14. The maximum absolute atomic E-state index is 11.8. The van der Waals surface area contributed by atoms with Gasteiger partial charge in [0.25, 0.3) is 0 Å². The molecule has 1 aromatic carbocycles. The SMILES string of the molecule is COc1ccc(C(C)=O)c2c1CCCC2N(C)C. The highest BCUT2D eigenvalue weighted by molar-refractivity contribution is 5.96. The van der Waals surface area contributed by atoms with Crippen molar-refractivity contribution >= 4 is 5.78 Å². The van der Waals surface area contributed by atoms with E-state index in [9.17, 15) is 4.79 Å². The third-order valence-electron chi connectivity index (χ3n) is 3.77. The van der Waals surface area contributed by atoms with Crippen LogP contribution in [0, 0.1) is 0 Å². The van der Waals surface area contributed by atoms with Crippen molar-refractivity contribution in [1.82, 2.24) is 4.90 Å². The van der Waals surface area contributed by atoms with Gasteiger partial charge in [-0.15, -0.1) is 0 Å². The van der Waals surface area contributed by atoms with Crippen molar-refractivity contribution in [2.75, 3.05) is 21.2 Å². The van der Waals surface area contributed by atoms with Gasteiger partial charge >= 0.3 is 0 Å². The number of Topliss-reactive ketones (excluding diaryl/α,β-unsaturated/α-hetero) is 1. The number of nitrogens with zero attached hydrogens (tertiary/aromatic N) is 1. The zero-order chi connectivity index (χ0) is 13.3. The van der Waals surface area contributed by atoms with Gasteiger partial charge in [0, 0.05) is 11.6 Å². The standard InChI is InChI=1S/C15H21NO2/c1-10(17)11-8-9-14(18-4)12-6-5-7-13(15(11)12)16(2)3/h8-9,13H,5-7H2,1-4H3. The summed E-state index contributed by atoms with van der Waals surface area (Å²) in [6.45, 7) is 1.64. The number of carbonyl (C=O) groups excluding carboxylic acids is 1. The van der Waals surface area contributed by atoms with Crippen molar-refractivity contribution in [2.24, 2.45) is 0 Å². The number of fused-ring (bicyclic) bond motifs is 1. The minimum absolute atomic E-state index is 0.141. The summed E-state index contributed by atoms with van der Waals surface area (Å²) in [5.41, 5.74) is 3.25. The van der Waals surface area contributed by atoms with Crippen LogP contribution in [0.5, 0.6) is 5.75 Å². The Bertz CT molecular complexity index is 466. The zero-order valence-electron chi connectivity index (χ0n) is 11.6. The second kappa shape index (κ2) is 5.11. The number of benzene rings is 1. The van der Waals surface area contributed by atoms with E-state index in [1.807, 2.05) is 12.1 Å². The lowest BCUT2D eigenvalue weighted by molar-refractivity contribution is 0.101. The molecule has 2 rings (SSSR count). The van der Waals surface area contributed by atoms with Crippen molar-refractivity contribution in [3.05, 3.63) is 28.8 Å². The highest BCUT2D eigenvalue weighted by Gasteiger charge is 2.28. The molecular weight excluding hydrogens is 226 g/mol. The van der Waals surface area contributed by atoms with Crippen LogP contribution < -0.4 is 4.74 Å². The molecule has 0 spiro atoms. The summed E-state index contributed by atoms with van der Waals surface area (Å²) in [5, 5.41) is 0. The minimum Gasteiger partial charge on any atom is -0.496 e. The molecule has 0 radical (unpaired) electrons. The largest absolute Gasteiger partial charge is 0.496 e. The first-order chi connectivity index (χ1) is 8.56. The average molecular weight is 247 g/mol. The van der Waals surface area contributed by atoms with E-state index in [-0.39, 0.29) is 5.78 Å². The van der Waals surface area contributed by atoms with Gasteiger partial charge in [0.1, 0.15) is 5.75 Å². The van der Waals surface area contributed by atoms with Crippen molar-refractivity contribution in [3.63, 3.8) is 0 Å². The number of rotatable bonds is 3. The van der Waals surface area contributed by atoms with Crippen LogP contribution in [0.4, 0.5) is 0 Å². The quantitative estimate of drug-likeness (QED) is 0.769. The molecular formula is C15H21NO2. The van der Waals surface area contributed by atoms with E-state index in [1.54, 1.807) is 14.0 Å². The highest BCUT2D eigenvalue weighted by Crippen LogP contribution is 2.39. The van der Waals surface area contributed by atoms with Gasteiger partial charge in [0.2, 0.25) is 0 Å². The van der Waals surface area contributed by atoms with E-state index in [0.29, 0.717) is 6.04 Å². The molecule has 0 saturated heterocycles. The molecule has 0 aromatic heterocycles. The normalized spacial score (nSPS) is 18.6. The second-order valence-corrected chi connectivity index (χ2v) is 5.14. The molecule has 0 amide bonds. The van der Waals surface area contributed by atoms with E-state index in [1.165, 1.54) is 11.1 Å². The Morgan fingerprint density at radius 3 is 2.67 bits per heavy atom. The predicted molar refractivity (Wildman–Crippen MR) is 72.4 cm³/mol. The minimum atomic E-state index is 0.141. The van der Waals surface area contributed by atoms with E-state index in [0.717, 1.165) is 30.6 Å². The molecule has 1 unspecified atom stereocenters. The Balaban J connectivity index is 2.64. The van der Waals surface area contributed by atoms with Crippen LogP contribution in [0.1, 0.15) is 47.3 Å². The molecule has 0 saturated carbocycles. The van der Waals surface area contributed by atoms with Gasteiger partial charge in [-0.2, -0.15) is 0 Å². The van der Waals surface area contributed by atoms with Crippen molar-refractivity contribution in [3.8, 4) is 5.75 Å². The third kappa shape index (κ3) is 2.15. The number of ketones is 1. The van der Waals surface area contributed by atoms with Crippen molar-refractivity contribution in [1.29, 1.82) is 0 Å². The number of methoxy groups -OCH3 is 1. The van der Waals surface area contributed by atoms with Gasteiger partial charge in [-0.25, -0.2) is 0 Å². The molecule has 1 atom stereocenters. The summed E-state index contributed by atoms with van der Waals surface area (Å²) >= 11 is 0. The smallest absolute Gasteiger partial charge is 0.160 e. The molecule has 0 aliphatic heterocycles. The molecule has 1 aliphatic carbocycles. The lowest BCUT2D eigenvalue weighted by atomic mass is 9.82. The summed E-state index contributed by atoms with van der Waals surface area (Å²) in [7, 11) is 5.84. The summed E-state index contributed by atoms with van der Waals surface area (Å²) in [5.74, 6) is 1.06. The molecule has 0 heterocycles. The number of hydrogen-bond donors (Lipinski definition) is 0. The van der Waals surface area contributed by atoms with E-state index >= 15 is 0 Å². The Labute approximate surface area is 109 Å². The molecule has 0 bridgehead atoms. The predicted octanol–water partition coefficient (Wildman–Crippen LogP) is 2.84. The highest BCUT2D eigenvalue weighted by atomic mass is 16.5. The lowest BCUT2D eigenvalue weighted by Crippen LogP contribution is -2.26. The van der Waals surface area contributed by atoms with Gasteiger partial charge in [0.05, 0.1) is 7.11 Å². The summed E-state index contributed by atoms with van der Waals surface area (Å²) in [6, 6.07) is 4.15. The fourth-order valence-electron chi connectivity index (χ4n) is 2.91. The fourth-order valence-corrected chi connectivity index (χ4v) is 2.91. The van der Waals surface area contributed by atoms with Crippen LogP contribution >= 0.6 is 0 Å². The first-order valence-corrected chi connectivity index (χ1v) is 6.43. The lowest BCUT2D eigenvalue weighted by Gasteiger charge is -2.33. The average Bonchev–Trinajstić information content (AvgIpc) is 2.36. The number of hydrogen-bond acceptors (Lipinski definition) is 3. The first-order valence-electron chi connectivity index (χ1n) is 6.43. The molecule has 1 aromatic rings. The summed E-state index contributed by atoms with van der Waals surface area (Å²) < 4.78 is 5.45. The van der Waals surface area contributed by atoms with Gasteiger partial charge in [0.15, 0.2) is 5.78 Å². The van der Waals surface area contributed by atoms with Crippen LogP contribution in [-0.4, -0.2) is 31.9 Å². The van der Waals surface area contributed by atoms with Gasteiger partial charge in [-0.3, -0.25) is 4.79 Å². The molecule has 98 valence electrons. The monoisotopic (exact) mass is 247 g/mol. The van der Waals surface area contributed by atoms with Crippen LogP contribution in [-0.2, 0) is 6.42 Å². The van der Waals surface area contributed by atoms with Crippen LogP contribution in [0.25, 0.3) is 0 Å². The Morgan fingerprint density at radius 2 is 2.11 bits per heavy atom. The third-order valence-corrected chi connectivity index (χ3v) is 3.77. The van der Waals surface area contributed by atoms with Gasteiger partial charge in [-0.05, 0) is 63.5 Å². The van der Waals surface area contributed by atoms with Gasteiger partial charge < -0.3 is 9.64 Å². The van der Waals surface area contributed by atoms with Crippen molar-refractivity contribution < 1.29 is 9.53 Å². The summed E-state index contributed by atoms with van der Waals surface area (Å²) in [4.78, 5) is 14.0. The van der Waals surface area contributed by atoms with E-state index in [4.69, 9.17) is 4.74 Å². The topological polar surface area (TPSA) is 29.5 Å². The summed E-state index contributed by atoms with van der Waals surface area (Å²) in [6.07, 6.45) is 3.25. The molecule has 18 heavy (non-hydrogen) atoms. The first kappa shape index (κ1) is 13.1. The van der Waals surface area contributed by atoms with Crippen LogP contribution in [0.3, 0.4) is 0 Å². The maximum Gasteiger partial charge on any atom is 0.160 e. The Morgan fingerprint density at radius 1 is 1.39 bits per heavy atom. The van der Waals surface area contributed by atoms with E-state index < -0.39 is 0 Å².